The van der Waals surface area contributed by atoms with Crippen molar-refractivity contribution >= 4 is 38.5 Å². The lowest BCUT2D eigenvalue weighted by Gasteiger charge is -2.26. The predicted molar refractivity (Wildman–Crippen MR) is 144 cm³/mol. The highest BCUT2D eigenvalue weighted by atomic mass is 32.1. The molecule has 37 heavy (non-hydrogen) atoms. The fourth-order valence-electron chi connectivity index (χ4n) is 4.15. The first-order chi connectivity index (χ1) is 18.1. The van der Waals surface area contributed by atoms with Crippen molar-refractivity contribution in [2.24, 2.45) is 0 Å². The number of morpholine rings is 1. The van der Waals surface area contributed by atoms with Crippen molar-refractivity contribution in [3.63, 3.8) is 0 Å². The van der Waals surface area contributed by atoms with E-state index in [4.69, 9.17) is 4.74 Å². The van der Waals surface area contributed by atoms with E-state index in [1.165, 1.54) is 11.3 Å². The summed E-state index contributed by atoms with van der Waals surface area (Å²) in [6.07, 6.45) is 3.35. The number of aromatic nitrogens is 3. The molecule has 0 atom stereocenters. The fraction of sp³-hybridized carbons (Fsp3) is 0.308. The first-order valence-electron chi connectivity index (χ1n) is 12.2. The number of carbonyl (C=O) groups excluding carboxylic acids is 1. The number of carbonyl (C=O) groups is 1. The smallest absolute Gasteiger partial charge is 0.321 e. The number of amides is 2. The van der Waals surface area contributed by atoms with Gasteiger partial charge in [-0.1, -0.05) is 17.4 Å². The van der Waals surface area contributed by atoms with Gasteiger partial charge in [0.15, 0.2) is 10.9 Å². The Morgan fingerprint density at radius 2 is 2.03 bits per heavy atom. The molecule has 192 valence electrons. The van der Waals surface area contributed by atoms with Crippen LogP contribution in [0, 0.1) is 5.82 Å². The molecule has 0 saturated carbocycles. The van der Waals surface area contributed by atoms with E-state index < -0.39 is 5.82 Å². The van der Waals surface area contributed by atoms with Gasteiger partial charge < -0.3 is 15.4 Å². The average Bonchev–Trinajstić information content (AvgIpc) is 3.35. The number of halogens is 1. The lowest BCUT2D eigenvalue weighted by Crippen LogP contribution is -2.39. The van der Waals surface area contributed by atoms with Crippen LogP contribution < -0.4 is 16.0 Å². The van der Waals surface area contributed by atoms with E-state index in [0.717, 1.165) is 50.8 Å². The van der Waals surface area contributed by atoms with Crippen LogP contribution in [-0.4, -0.2) is 71.8 Å². The molecule has 1 fully saturated rings. The largest absolute Gasteiger partial charge is 0.379 e. The second-order valence-electron chi connectivity index (χ2n) is 8.49. The van der Waals surface area contributed by atoms with E-state index in [9.17, 15) is 4.79 Å². The Morgan fingerprint density at radius 3 is 2.76 bits per heavy atom. The maximum absolute atomic E-state index is 15.8. The summed E-state index contributed by atoms with van der Waals surface area (Å²) < 4.78 is 21.8. The van der Waals surface area contributed by atoms with Crippen LogP contribution in [0.25, 0.3) is 32.6 Å². The topological polar surface area (TPSA) is 104 Å². The molecule has 11 heteroatoms. The summed E-state index contributed by atoms with van der Waals surface area (Å²) in [6.45, 7) is 7.37. The Hall–Kier alpha value is -3.67. The maximum Gasteiger partial charge on any atom is 0.321 e. The first kappa shape index (κ1) is 25.0. The molecule has 9 nitrogen and oxygen atoms in total. The normalized spacial score (nSPS) is 14.0. The van der Waals surface area contributed by atoms with Crippen molar-refractivity contribution < 1.29 is 13.9 Å². The zero-order chi connectivity index (χ0) is 25.6. The summed E-state index contributed by atoms with van der Waals surface area (Å²) in [5, 5.41) is 8.99. The number of rotatable bonds is 8. The lowest BCUT2D eigenvalue weighted by atomic mass is 10.0. The molecule has 3 aromatic heterocycles. The Bertz CT molecular complexity index is 1360. The van der Waals surface area contributed by atoms with Gasteiger partial charge in [-0.3, -0.25) is 15.2 Å². The second kappa shape index (κ2) is 11.6. The van der Waals surface area contributed by atoms with E-state index in [1.807, 2.05) is 37.3 Å². The number of ether oxygens (including phenoxy) is 1. The summed E-state index contributed by atoms with van der Waals surface area (Å²) in [7, 11) is 0. The fourth-order valence-corrected chi connectivity index (χ4v) is 5.13. The van der Waals surface area contributed by atoms with Crippen molar-refractivity contribution in [2.75, 3.05) is 56.6 Å². The number of benzene rings is 1. The average molecular weight is 522 g/mol. The van der Waals surface area contributed by atoms with Gasteiger partial charge in [-0.15, -0.1) is 0 Å². The van der Waals surface area contributed by atoms with Gasteiger partial charge in [0.2, 0.25) is 0 Å². The van der Waals surface area contributed by atoms with Crippen LogP contribution in [-0.2, 0) is 4.74 Å². The quantitative estimate of drug-likeness (QED) is 0.315. The zero-order valence-electron chi connectivity index (χ0n) is 20.5. The first-order valence-corrected chi connectivity index (χ1v) is 13.0. The number of urea groups is 1. The van der Waals surface area contributed by atoms with Crippen LogP contribution in [0.4, 0.5) is 20.1 Å². The minimum absolute atomic E-state index is 0.183. The molecule has 0 spiro atoms. The standard InChI is InChI=1S/C26H28FN7O2S/c1-2-28-25(35)33-26-32-23-22(27)18(15-19(24(23)37-26)20-5-3-4-8-29-20)17-6-7-21(31-16-17)30-9-10-34-11-13-36-14-12-34/h3-8,15-16H,2,9-14H2,1H3,(H,30,31)(H2,28,32,33,35). The third kappa shape index (κ3) is 5.85. The molecule has 0 unspecified atom stereocenters. The van der Waals surface area contributed by atoms with Crippen molar-refractivity contribution in [3.8, 4) is 22.4 Å². The highest BCUT2D eigenvalue weighted by Gasteiger charge is 2.21. The molecule has 4 aromatic rings. The number of anilines is 2. The van der Waals surface area contributed by atoms with Gasteiger partial charge in [0, 0.05) is 61.8 Å². The monoisotopic (exact) mass is 521 g/mol. The molecule has 0 radical (unpaired) electrons. The summed E-state index contributed by atoms with van der Waals surface area (Å²) in [4.78, 5) is 27.8. The van der Waals surface area contributed by atoms with Crippen LogP contribution in [0.15, 0.2) is 48.8 Å². The van der Waals surface area contributed by atoms with Gasteiger partial charge in [0.05, 0.1) is 23.6 Å². The van der Waals surface area contributed by atoms with Gasteiger partial charge in [0.25, 0.3) is 0 Å². The Kier molecular flexibility index (Phi) is 7.83. The molecule has 5 rings (SSSR count). The third-order valence-corrected chi connectivity index (χ3v) is 7.02. The Morgan fingerprint density at radius 1 is 1.16 bits per heavy atom. The Labute approximate surface area is 218 Å². The number of hydrogen-bond acceptors (Lipinski definition) is 8. The summed E-state index contributed by atoms with van der Waals surface area (Å²) >= 11 is 1.21. The van der Waals surface area contributed by atoms with Crippen molar-refractivity contribution in [1.82, 2.24) is 25.2 Å². The highest BCUT2D eigenvalue weighted by molar-refractivity contribution is 7.22. The number of nitrogens with zero attached hydrogens (tertiary/aromatic N) is 4. The van der Waals surface area contributed by atoms with E-state index in [2.05, 4.69) is 35.8 Å². The summed E-state index contributed by atoms with van der Waals surface area (Å²) in [5.41, 5.74) is 2.61. The highest BCUT2D eigenvalue weighted by Crippen LogP contribution is 2.40. The van der Waals surface area contributed by atoms with Crippen molar-refractivity contribution in [2.45, 2.75) is 6.92 Å². The molecule has 0 aliphatic carbocycles. The van der Waals surface area contributed by atoms with Gasteiger partial charge in [-0.2, -0.15) is 0 Å². The van der Waals surface area contributed by atoms with Crippen LogP contribution in [0.5, 0.6) is 0 Å². The van der Waals surface area contributed by atoms with Crippen LogP contribution in [0.3, 0.4) is 0 Å². The molecule has 4 heterocycles. The van der Waals surface area contributed by atoms with Crippen molar-refractivity contribution in [3.05, 3.63) is 54.6 Å². The van der Waals surface area contributed by atoms with Crippen LogP contribution in [0.2, 0.25) is 0 Å². The molecule has 1 saturated heterocycles. The van der Waals surface area contributed by atoms with Gasteiger partial charge in [-0.05, 0) is 37.3 Å². The summed E-state index contributed by atoms with van der Waals surface area (Å²) in [6, 6.07) is 10.7. The van der Waals surface area contributed by atoms with E-state index in [-0.39, 0.29) is 11.5 Å². The molecule has 1 aromatic carbocycles. The molecular weight excluding hydrogens is 493 g/mol. The number of nitrogens with one attached hydrogen (secondary N) is 3. The minimum Gasteiger partial charge on any atom is -0.379 e. The zero-order valence-corrected chi connectivity index (χ0v) is 21.3. The van der Waals surface area contributed by atoms with E-state index in [0.29, 0.717) is 33.2 Å². The molecule has 2 amide bonds. The minimum atomic E-state index is -0.468. The van der Waals surface area contributed by atoms with Crippen molar-refractivity contribution in [1.29, 1.82) is 0 Å². The second-order valence-corrected chi connectivity index (χ2v) is 9.49. The number of pyridine rings is 2. The Balaban J connectivity index is 1.43. The van der Waals surface area contributed by atoms with Gasteiger partial charge >= 0.3 is 6.03 Å². The molecule has 0 bridgehead atoms. The SMILES string of the molecule is CCNC(=O)Nc1nc2c(F)c(-c3ccc(NCCN4CCOCC4)nc3)cc(-c3ccccn3)c2s1. The lowest BCUT2D eigenvalue weighted by molar-refractivity contribution is 0.0398. The summed E-state index contributed by atoms with van der Waals surface area (Å²) in [5.74, 6) is 0.259. The molecule has 1 aliphatic rings. The molecule has 1 aliphatic heterocycles. The predicted octanol–water partition coefficient (Wildman–Crippen LogP) is 4.44. The number of fused-ring (bicyclic) bond motifs is 1. The van der Waals surface area contributed by atoms with Crippen LogP contribution in [0.1, 0.15) is 6.92 Å². The van der Waals surface area contributed by atoms with Crippen LogP contribution >= 0.6 is 11.3 Å². The number of hydrogen-bond donors (Lipinski definition) is 3. The number of thiazole rings is 1. The molecular formula is C26H28FN7O2S. The van der Waals surface area contributed by atoms with Gasteiger partial charge in [0.1, 0.15) is 11.3 Å². The maximum atomic E-state index is 15.8. The van der Waals surface area contributed by atoms with Gasteiger partial charge in [-0.25, -0.2) is 19.2 Å². The molecule has 3 N–H and O–H groups in total. The van der Waals surface area contributed by atoms with E-state index in [1.54, 1.807) is 18.5 Å². The van der Waals surface area contributed by atoms with E-state index >= 15 is 4.39 Å². The third-order valence-electron chi connectivity index (χ3n) is 6.02.